The molecule has 0 radical (unpaired) electrons. The van der Waals surface area contributed by atoms with Crippen molar-refractivity contribution >= 4 is 0 Å². The van der Waals surface area contributed by atoms with E-state index in [0.29, 0.717) is 0 Å². The Hall–Kier alpha value is -1.58. The average molecular weight is 230 g/mol. The fraction of sp³-hybridized carbons (Fsp3) is 0.286. The van der Waals surface area contributed by atoms with E-state index in [4.69, 9.17) is 0 Å². The van der Waals surface area contributed by atoms with Crippen molar-refractivity contribution in [2.24, 2.45) is 7.05 Å². The highest BCUT2D eigenvalue weighted by Crippen LogP contribution is 2.12. The van der Waals surface area contributed by atoms with Crippen molar-refractivity contribution in [3.05, 3.63) is 59.9 Å². The second-order valence-electron chi connectivity index (χ2n) is 4.21. The van der Waals surface area contributed by atoms with Crippen LogP contribution in [0.5, 0.6) is 0 Å². The van der Waals surface area contributed by atoms with Gasteiger partial charge in [0.25, 0.3) is 0 Å². The zero-order valence-corrected chi connectivity index (χ0v) is 10.0. The predicted molar refractivity (Wildman–Crippen MR) is 68.5 cm³/mol. The summed E-state index contributed by atoms with van der Waals surface area (Å²) in [5, 5.41) is 12.7. The van der Waals surface area contributed by atoms with Crippen LogP contribution in [0, 0.1) is 0 Å². The molecule has 0 bridgehead atoms. The molecule has 3 nitrogen and oxygen atoms in total. The summed E-state index contributed by atoms with van der Waals surface area (Å²) in [6, 6.07) is 12.1. The highest BCUT2D eigenvalue weighted by molar-refractivity contribution is 5.19. The molecule has 1 aromatic heterocycles. The standard InChI is InChI=1S/C14H18N2O/c1-16-8-7-12(10-16)9-15-14(11-17)13-5-3-2-4-6-13/h2-8,10,14-15,17H,9,11H2,1H3. The molecule has 2 aromatic rings. The van der Waals surface area contributed by atoms with E-state index in [1.165, 1.54) is 5.56 Å². The van der Waals surface area contributed by atoms with Gasteiger partial charge in [0, 0.05) is 26.0 Å². The molecule has 2 N–H and O–H groups in total. The highest BCUT2D eigenvalue weighted by atomic mass is 16.3. The molecule has 0 amide bonds. The maximum Gasteiger partial charge on any atom is 0.0626 e. The number of rotatable bonds is 5. The zero-order chi connectivity index (χ0) is 12.1. The van der Waals surface area contributed by atoms with E-state index in [1.807, 2.05) is 48.1 Å². The number of aromatic nitrogens is 1. The first-order valence-electron chi connectivity index (χ1n) is 5.79. The van der Waals surface area contributed by atoms with Crippen LogP contribution in [-0.2, 0) is 13.6 Å². The lowest BCUT2D eigenvalue weighted by atomic mass is 10.1. The summed E-state index contributed by atoms with van der Waals surface area (Å²) in [6.45, 7) is 0.873. The molecule has 0 saturated carbocycles. The highest BCUT2D eigenvalue weighted by Gasteiger charge is 2.08. The smallest absolute Gasteiger partial charge is 0.0626 e. The molecular weight excluding hydrogens is 212 g/mol. The monoisotopic (exact) mass is 230 g/mol. The molecule has 0 aliphatic carbocycles. The molecule has 2 rings (SSSR count). The van der Waals surface area contributed by atoms with Crippen LogP contribution in [0.4, 0.5) is 0 Å². The minimum Gasteiger partial charge on any atom is -0.394 e. The Morgan fingerprint density at radius 1 is 1.24 bits per heavy atom. The van der Waals surface area contributed by atoms with Gasteiger partial charge < -0.3 is 15.0 Å². The fourth-order valence-electron chi connectivity index (χ4n) is 1.88. The van der Waals surface area contributed by atoms with Gasteiger partial charge in [-0.25, -0.2) is 0 Å². The van der Waals surface area contributed by atoms with Crippen LogP contribution in [-0.4, -0.2) is 16.3 Å². The second-order valence-corrected chi connectivity index (χ2v) is 4.21. The number of hydrogen-bond acceptors (Lipinski definition) is 2. The predicted octanol–water partition coefficient (Wildman–Crippen LogP) is 1.85. The number of aryl methyl sites for hydroxylation is 1. The van der Waals surface area contributed by atoms with Crippen molar-refractivity contribution in [3.63, 3.8) is 0 Å². The van der Waals surface area contributed by atoms with Crippen LogP contribution >= 0.6 is 0 Å². The van der Waals surface area contributed by atoms with Gasteiger partial charge in [0.2, 0.25) is 0 Å². The van der Waals surface area contributed by atoms with Crippen molar-refractivity contribution in [3.8, 4) is 0 Å². The summed E-state index contributed by atoms with van der Waals surface area (Å²) < 4.78 is 2.02. The average Bonchev–Trinajstić information content (AvgIpc) is 2.77. The molecule has 0 aliphatic rings. The minimum absolute atomic E-state index is 0.00333. The Labute approximate surface area is 102 Å². The number of benzene rings is 1. The molecule has 90 valence electrons. The van der Waals surface area contributed by atoms with Gasteiger partial charge in [0.05, 0.1) is 12.6 Å². The van der Waals surface area contributed by atoms with Crippen molar-refractivity contribution in [1.82, 2.24) is 9.88 Å². The van der Waals surface area contributed by atoms with Crippen LogP contribution < -0.4 is 5.32 Å². The lowest BCUT2D eigenvalue weighted by Gasteiger charge is -2.16. The van der Waals surface area contributed by atoms with E-state index >= 15 is 0 Å². The van der Waals surface area contributed by atoms with E-state index in [9.17, 15) is 5.11 Å². The molecule has 0 fully saturated rings. The molecule has 1 aromatic carbocycles. The maximum absolute atomic E-state index is 9.39. The van der Waals surface area contributed by atoms with Crippen LogP contribution in [0.25, 0.3) is 0 Å². The summed E-state index contributed by atoms with van der Waals surface area (Å²) in [5.41, 5.74) is 2.34. The quantitative estimate of drug-likeness (QED) is 0.822. The van der Waals surface area contributed by atoms with Gasteiger partial charge in [0.15, 0.2) is 0 Å². The first-order valence-corrected chi connectivity index (χ1v) is 5.79. The molecule has 0 aliphatic heterocycles. The third kappa shape index (κ3) is 3.19. The topological polar surface area (TPSA) is 37.2 Å². The summed E-state index contributed by atoms with van der Waals surface area (Å²) in [5.74, 6) is 0. The number of nitrogens with zero attached hydrogens (tertiary/aromatic N) is 1. The fourth-order valence-corrected chi connectivity index (χ4v) is 1.88. The van der Waals surface area contributed by atoms with E-state index in [1.54, 1.807) is 0 Å². The second kappa shape index (κ2) is 5.66. The van der Waals surface area contributed by atoms with Gasteiger partial charge in [-0.2, -0.15) is 0 Å². The Balaban J connectivity index is 1.97. The molecule has 0 saturated heterocycles. The molecule has 1 heterocycles. The number of nitrogens with one attached hydrogen (secondary N) is 1. The summed E-state index contributed by atoms with van der Waals surface area (Å²) in [6.07, 6.45) is 4.10. The molecular formula is C14H18N2O. The van der Waals surface area contributed by atoms with Gasteiger partial charge in [-0.05, 0) is 17.2 Å². The van der Waals surface area contributed by atoms with E-state index in [2.05, 4.69) is 17.6 Å². The van der Waals surface area contributed by atoms with Gasteiger partial charge in [0.1, 0.15) is 0 Å². The van der Waals surface area contributed by atoms with Crippen molar-refractivity contribution in [2.45, 2.75) is 12.6 Å². The first-order chi connectivity index (χ1) is 8.29. The summed E-state index contributed by atoms with van der Waals surface area (Å²) >= 11 is 0. The van der Waals surface area contributed by atoms with Crippen molar-refractivity contribution in [2.75, 3.05) is 6.61 Å². The largest absolute Gasteiger partial charge is 0.394 e. The van der Waals surface area contributed by atoms with Crippen LogP contribution in [0.2, 0.25) is 0 Å². The minimum atomic E-state index is -0.00333. The lowest BCUT2D eigenvalue weighted by molar-refractivity contribution is 0.243. The molecule has 0 spiro atoms. The van der Waals surface area contributed by atoms with Gasteiger partial charge >= 0.3 is 0 Å². The molecule has 3 heteroatoms. The number of hydrogen-bond donors (Lipinski definition) is 2. The Morgan fingerprint density at radius 3 is 2.59 bits per heavy atom. The maximum atomic E-state index is 9.39. The zero-order valence-electron chi connectivity index (χ0n) is 10.0. The SMILES string of the molecule is Cn1ccc(CNC(CO)c2ccccc2)c1. The van der Waals surface area contributed by atoms with E-state index in [-0.39, 0.29) is 12.6 Å². The van der Waals surface area contributed by atoms with Gasteiger partial charge in [-0.3, -0.25) is 0 Å². The van der Waals surface area contributed by atoms with Gasteiger partial charge in [-0.1, -0.05) is 30.3 Å². The lowest BCUT2D eigenvalue weighted by Crippen LogP contribution is -2.23. The number of aliphatic hydroxyl groups excluding tert-OH is 1. The van der Waals surface area contributed by atoms with Crippen LogP contribution in [0.3, 0.4) is 0 Å². The van der Waals surface area contributed by atoms with Crippen molar-refractivity contribution < 1.29 is 5.11 Å². The Morgan fingerprint density at radius 2 is 2.00 bits per heavy atom. The third-order valence-corrected chi connectivity index (χ3v) is 2.83. The van der Waals surface area contributed by atoms with Crippen LogP contribution in [0.1, 0.15) is 17.2 Å². The molecule has 17 heavy (non-hydrogen) atoms. The van der Waals surface area contributed by atoms with E-state index < -0.39 is 0 Å². The summed E-state index contributed by atoms with van der Waals surface area (Å²) in [7, 11) is 2.00. The molecule has 1 atom stereocenters. The third-order valence-electron chi connectivity index (χ3n) is 2.83. The first kappa shape index (κ1) is 11.9. The van der Waals surface area contributed by atoms with Crippen LogP contribution in [0.15, 0.2) is 48.8 Å². The molecule has 1 unspecified atom stereocenters. The Kier molecular flexibility index (Phi) is 3.96. The summed E-state index contributed by atoms with van der Waals surface area (Å²) in [4.78, 5) is 0. The van der Waals surface area contributed by atoms with Crippen molar-refractivity contribution in [1.29, 1.82) is 0 Å². The normalized spacial score (nSPS) is 12.6. The Bertz CT molecular complexity index is 450. The van der Waals surface area contributed by atoms with E-state index in [0.717, 1.165) is 12.1 Å². The van der Waals surface area contributed by atoms with Gasteiger partial charge in [-0.15, -0.1) is 0 Å². The number of aliphatic hydroxyl groups is 1.